The van der Waals surface area contributed by atoms with Crippen molar-refractivity contribution in [1.82, 2.24) is 0 Å². The molecule has 0 bridgehead atoms. The predicted molar refractivity (Wildman–Crippen MR) is 104 cm³/mol. The van der Waals surface area contributed by atoms with Crippen LogP contribution in [0.4, 0.5) is 22.0 Å². The Kier molecular flexibility index (Phi) is 5.43. The molecule has 0 amide bonds. The van der Waals surface area contributed by atoms with Crippen molar-refractivity contribution < 1.29 is 22.0 Å². The topological polar surface area (TPSA) is 0 Å². The van der Waals surface area contributed by atoms with E-state index in [1.807, 2.05) is 12.1 Å². The van der Waals surface area contributed by atoms with E-state index in [4.69, 9.17) is 0 Å². The molecule has 3 atom stereocenters. The van der Waals surface area contributed by atoms with Crippen LogP contribution in [-0.4, -0.2) is 0 Å². The summed E-state index contributed by atoms with van der Waals surface area (Å²) in [5, 5.41) is 0. The maximum atomic E-state index is 14.0. The molecule has 2 aliphatic rings. The number of rotatable bonds is 3. The lowest BCUT2D eigenvalue weighted by atomic mass is 9.64. The van der Waals surface area contributed by atoms with E-state index < -0.39 is 23.4 Å². The Morgan fingerprint density at radius 2 is 1.66 bits per heavy atom. The first-order chi connectivity index (χ1) is 13.8. The maximum absolute atomic E-state index is 14.0. The van der Waals surface area contributed by atoms with E-state index in [2.05, 4.69) is 6.92 Å². The van der Waals surface area contributed by atoms with Gasteiger partial charge in [-0.3, -0.25) is 0 Å². The van der Waals surface area contributed by atoms with Crippen LogP contribution in [0, 0.1) is 23.5 Å². The molecule has 29 heavy (non-hydrogen) atoms. The van der Waals surface area contributed by atoms with Crippen molar-refractivity contribution in [2.45, 2.75) is 64.0 Å². The second-order valence-electron chi connectivity index (χ2n) is 8.60. The number of benzene rings is 2. The van der Waals surface area contributed by atoms with E-state index in [1.165, 1.54) is 43.2 Å². The molecule has 1 saturated carbocycles. The summed E-state index contributed by atoms with van der Waals surface area (Å²) in [4.78, 5) is 0. The summed E-state index contributed by atoms with van der Waals surface area (Å²) in [5.41, 5.74) is 1.36. The molecule has 0 aliphatic heterocycles. The molecular weight excluding hydrogens is 383 g/mol. The number of hydrogen-bond acceptors (Lipinski definition) is 0. The van der Waals surface area contributed by atoms with Crippen molar-refractivity contribution >= 4 is 0 Å². The minimum Gasteiger partial charge on any atom is -0.206 e. The Hall–Kier alpha value is -1.91. The van der Waals surface area contributed by atoms with Crippen LogP contribution in [0.2, 0.25) is 0 Å². The van der Waals surface area contributed by atoms with Gasteiger partial charge < -0.3 is 0 Å². The van der Waals surface area contributed by atoms with Crippen LogP contribution in [0.1, 0.15) is 68.1 Å². The van der Waals surface area contributed by atoms with Gasteiger partial charge in [0.2, 0.25) is 0 Å². The summed E-state index contributed by atoms with van der Waals surface area (Å²) in [6.07, 6.45) is 3.17. The second-order valence-corrected chi connectivity index (χ2v) is 8.60. The molecule has 2 aromatic rings. The zero-order valence-corrected chi connectivity index (χ0v) is 16.5. The van der Waals surface area contributed by atoms with Gasteiger partial charge in [-0.1, -0.05) is 38.0 Å². The molecule has 0 N–H and O–H groups in total. The lowest BCUT2D eigenvalue weighted by Crippen LogP contribution is -2.28. The van der Waals surface area contributed by atoms with Gasteiger partial charge in [0, 0.05) is 0 Å². The summed E-state index contributed by atoms with van der Waals surface area (Å²) in [7, 11) is 0. The molecule has 0 spiro atoms. The Morgan fingerprint density at radius 3 is 2.31 bits per heavy atom. The highest BCUT2D eigenvalue weighted by Gasteiger charge is 2.38. The SMILES string of the molecule is CCC[C@@H]1CC[C@@H]2c3ccc(-c4cc(F)c(C(F)(F)F)c(F)c4)cc3CC[C@@H]2C1. The fourth-order valence-electron chi connectivity index (χ4n) is 5.48. The third-order valence-electron chi connectivity index (χ3n) is 6.77. The van der Waals surface area contributed by atoms with Crippen molar-refractivity contribution in [2.75, 3.05) is 0 Å². The molecule has 5 heteroatoms. The van der Waals surface area contributed by atoms with E-state index in [1.54, 1.807) is 6.07 Å². The van der Waals surface area contributed by atoms with Crippen LogP contribution in [0.5, 0.6) is 0 Å². The highest BCUT2D eigenvalue weighted by atomic mass is 19.4. The molecular formula is C24H25F5. The zero-order valence-electron chi connectivity index (χ0n) is 16.5. The maximum Gasteiger partial charge on any atom is 0.422 e. The van der Waals surface area contributed by atoms with E-state index >= 15 is 0 Å². The summed E-state index contributed by atoms with van der Waals surface area (Å²) in [5.74, 6) is -1.10. The molecule has 0 heterocycles. The van der Waals surface area contributed by atoms with Gasteiger partial charge in [0.25, 0.3) is 0 Å². The second kappa shape index (κ2) is 7.73. The third-order valence-corrected chi connectivity index (χ3v) is 6.77. The Balaban J connectivity index is 1.62. The quantitative estimate of drug-likeness (QED) is 0.453. The predicted octanol–water partition coefficient (Wildman–Crippen LogP) is 7.90. The number of aryl methyl sites for hydroxylation is 1. The molecule has 4 rings (SSSR count). The van der Waals surface area contributed by atoms with Crippen LogP contribution >= 0.6 is 0 Å². The van der Waals surface area contributed by atoms with Gasteiger partial charge in [0.1, 0.15) is 17.2 Å². The minimum absolute atomic E-state index is 0.143. The van der Waals surface area contributed by atoms with E-state index in [9.17, 15) is 22.0 Å². The van der Waals surface area contributed by atoms with Gasteiger partial charge in [-0.05, 0) is 84.2 Å². The first-order valence-electron chi connectivity index (χ1n) is 10.5. The van der Waals surface area contributed by atoms with Crippen molar-refractivity contribution in [3.05, 3.63) is 58.7 Å². The van der Waals surface area contributed by atoms with E-state index in [-0.39, 0.29) is 5.56 Å². The molecule has 0 nitrogen and oxygen atoms in total. The molecule has 0 unspecified atom stereocenters. The number of hydrogen-bond donors (Lipinski definition) is 0. The van der Waals surface area contributed by atoms with E-state index in [0.717, 1.165) is 30.9 Å². The van der Waals surface area contributed by atoms with Gasteiger partial charge in [-0.15, -0.1) is 0 Å². The largest absolute Gasteiger partial charge is 0.422 e. The van der Waals surface area contributed by atoms with Crippen LogP contribution in [-0.2, 0) is 12.6 Å². The third kappa shape index (κ3) is 3.93. The summed E-state index contributed by atoms with van der Waals surface area (Å²) >= 11 is 0. The van der Waals surface area contributed by atoms with Gasteiger partial charge in [-0.2, -0.15) is 13.2 Å². The van der Waals surface area contributed by atoms with Gasteiger partial charge in [0.15, 0.2) is 0 Å². The molecule has 0 saturated heterocycles. The lowest BCUT2D eigenvalue weighted by Gasteiger charge is -2.40. The van der Waals surface area contributed by atoms with Gasteiger partial charge in [-0.25, -0.2) is 8.78 Å². The molecule has 156 valence electrons. The van der Waals surface area contributed by atoms with Crippen LogP contribution in [0.25, 0.3) is 11.1 Å². The van der Waals surface area contributed by atoms with Crippen molar-refractivity contribution in [2.24, 2.45) is 11.8 Å². The van der Waals surface area contributed by atoms with Crippen molar-refractivity contribution in [3.63, 3.8) is 0 Å². The number of fused-ring (bicyclic) bond motifs is 3. The van der Waals surface area contributed by atoms with E-state index in [0.29, 0.717) is 17.4 Å². The van der Waals surface area contributed by atoms with Crippen LogP contribution in [0.3, 0.4) is 0 Å². The minimum atomic E-state index is -5.05. The first-order valence-corrected chi connectivity index (χ1v) is 10.5. The Labute approximate surface area is 168 Å². The summed E-state index contributed by atoms with van der Waals surface area (Å²) in [6.45, 7) is 2.23. The zero-order chi connectivity index (χ0) is 20.8. The number of alkyl halides is 3. The van der Waals surface area contributed by atoms with Crippen molar-refractivity contribution in [1.29, 1.82) is 0 Å². The Morgan fingerprint density at radius 1 is 0.931 bits per heavy atom. The van der Waals surface area contributed by atoms with Crippen molar-refractivity contribution in [3.8, 4) is 11.1 Å². The fourth-order valence-corrected chi connectivity index (χ4v) is 5.48. The molecule has 0 radical (unpaired) electrons. The smallest absolute Gasteiger partial charge is 0.206 e. The summed E-state index contributed by atoms with van der Waals surface area (Å²) < 4.78 is 66.5. The molecule has 2 aliphatic carbocycles. The standard InChI is InChI=1S/C24H25F5/c1-2-3-14-4-8-19-16(10-14)5-6-17-11-15(7-9-20(17)19)18-12-21(25)23(22(26)13-18)24(27,28)29/h7,9,11-14,16,19H,2-6,8,10H2,1H3/t14-,16-,19+/m1/s1. The normalized spacial score (nSPS) is 24.1. The average molecular weight is 408 g/mol. The highest BCUT2D eigenvalue weighted by Crippen LogP contribution is 2.48. The van der Waals surface area contributed by atoms with Crippen LogP contribution in [0.15, 0.2) is 30.3 Å². The fraction of sp³-hybridized carbons (Fsp3) is 0.500. The summed E-state index contributed by atoms with van der Waals surface area (Å²) in [6, 6.07) is 7.30. The number of halogens is 5. The molecule has 2 aromatic carbocycles. The lowest BCUT2D eigenvalue weighted by molar-refractivity contribution is -0.142. The van der Waals surface area contributed by atoms with Crippen LogP contribution < -0.4 is 0 Å². The molecule has 0 aromatic heterocycles. The first kappa shape index (κ1) is 20.4. The molecule has 1 fully saturated rings. The van der Waals surface area contributed by atoms with Gasteiger partial charge >= 0.3 is 6.18 Å². The highest BCUT2D eigenvalue weighted by molar-refractivity contribution is 5.66. The average Bonchev–Trinajstić information content (AvgIpc) is 2.65. The van der Waals surface area contributed by atoms with Gasteiger partial charge in [0.05, 0.1) is 0 Å². The monoisotopic (exact) mass is 408 g/mol. The Bertz CT molecular complexity index is 876.